The van der Waals surface area contributed by atoms with E-state index in [1.807, 2.05) is 48.5 Å². The number of phenolic OH excluding ortho intramolecular Hbond substituents is 1. The molecule has 3 aromatic carbocycles. The van der Waals surface area contributed by atoms with Crippen molar-refractivity contribution in [2.24, 2.45) is 0 Å². The Kier molecular flexibility index (Phi) is 6.70. The Morgan fingerprint density at radius 3 is 2.32 bits per heavy atom. The molecule has 3 rings (SSSR count). The van der Waals surface area contributed by atoms with Crippen LogP contribution in [-0.2, 0) is 20.7 Å². The van der Waals surface area contributed by atoms with E-state index >= 15 is 0 Å². The van der Waals surface area contributed by atoms with Crippen LogP contribution in [0.25, 0.3) is 0 Å². The SMILES string of the molecule is O=C(COC(=O)Cc1ccc(O)cc1)Nc1ccccc1Sc1ccccc1. The molecule has 0 heterocycles. The Labute approximate surface area is 167 Å². The molecule has 0 radical (unpaired) electrons. The minimum atomic E-state index is -0.507. The highest BCUT2D eigenvalue weighted by Gasteiger charge is 2.11. The number of para-hydroxylation sites is 1. The number of phenols is 1. The van der Waals surface area contributed by atoms with E-state index in [4.69, 9.17) is 4.74 Å². The highest BCUT2D eigenvalue weighted by atomic mass is 32.2. The van der Waals surface area contributed by atoms with Crippen molar-refractivity contribution in [3.05, 3.63) is 84.4 Å². The zero-order valence-corrected chi connectivity index (χ0v) is 15.8. The number of hydrogen-bond donors (Lipinski definition) is 2. The summed E-state index contributed by atoms with van der Waals surface area (Å²) in [6.45, 7) is -0.360. The number of ether oxygens (including phenoxy) is 1. The van der Waals surface area contributed by atoms with E-state index < -0.39 is 11.9 Å². The van der Waals surface area contributed by atoms with Gasteiger partial charge >= 0.3 is 5.97 Å². The highest BCUT2D eigenvalue weighted by molar-refractivity contribution is 7.99. The van der Waals surface area contributed by atoms with E-state index in [0.29, 0.717) is 11.3 Å². The van der Waals surface area contributed by atoms with E-state index in [0.717, 1.165) is 9.79 Å². The third-order valence-corrected chi connectivity index (χ3v) is 4.86. The first kappa shape index (κ1) is 19.5. The molecular formula is C22H19NO4S. The molecule has 0 spiro atoms. The summed E-state index contributed by atoms with van der Waals surface area (Å²) in [6, 6.07) is 23.6. The molecule has 0 aliphatic rings. The number of carbonyl (C=O) groups is 2. The summed E-state index contributed by atoms with van der Waals surface area (Å²) in [6.07, 6.45) is 0.0357. The van der Waals surface area contributed by atoms with Crippen molar-refractivity contribution < 1.29 is 19.4 Å². The van der Waals surface area contributed by atoms with Crippen molar-refractivity contribution in [1.82, 2.24) is 0 Å². The van der Waals surface area contributed by atoms with Crippen molar-refractivity contribution in [1.29, 1.82) is 0 Å². The maximum absolute atomic E-state index is 12.2. The summed E-state index contributed by atoms with van der Waals surface area (Å²) in [5, 5.41) is 12.0. The van der Waals surface area contributed by atoms with Crippen molar-refractivity contribution >= 4 is 29.3 Å². The van der Waals surface area contributed by atoms with Gasteiger partial charge in [-0.2, -0.15) is 0 Å². The summed E-state index contributed by atoms with van der Waals surface area (Å²) < 4.78 is 5.05. The van der Waals surface area contributed by atoms with Crippen LogP contribution in [0.1, 0.15) is 5.56 Å². The second-order valence-electron chi connectivity index (χ2n) is 5.96. The second-order valence-corrected chi connectivity index (χ2v) is 7.08. The summed E-state index contributed by atoms with van der Waals surface area (Å²) in [7, 11) is 0. The van der Waals surface area contributed by atoms with E-state index in [-0.39, 0.29) is 18.8 Å². The molecule has 0 bridgehead atoms. The van der Waals surface area contributed by atoms with Crippen molar-refractivity contribution in [2.75, 3.05) is 11.9 Å². The minimum absolute atomic E-state index is 0.0357. The Balaban J connectivity index is 1.53. The molecule has 0 aliphatic carbocycles. The van der Waals surface area contributed by atoms with Gasteiger partial charge in [0.15, 0.2) is 6.61 Å². The molecule has 1 amide bonds. The number of anilines is 1. The van der Waals surface area contributed by atoms with Crippen LogP contribution in [0, 0.1) is 0 Å². The van der Waals surface area contributed by atoms with Gasteiger partial charge in [-0.3, -0.25) is 9.59 Å². The first-order valence-electron chi connectivity index (χ1n) is 8.65. The molecule has 3 aromatic rings. The zero-order chi connectivity index (χ0) is 19.8. The molecule has 5 nitrogen and oxygen atoms in total. The van der Waals surface area contributed by atoms with Crippen LogP contribution in [0.4, 0.5) is 5.69 Å². The van der Waals surface area contributed by atoms with Gasteiger partial charge in [-0.15, -0.1) is 0 Å². The van der Waals surface area contributed by atoms with Crippen molar-refractivity contribution in [3.63, 3.8) is 0 Å². The summed E-state index contributed by atoms with van der Waals surface area (Å²) in [4.78, 5) is 26.0. The molecule has 28 heavy (non-hydrogen) atoms. The molecule has 0 saturated heterocycles. The Morgan fingerprint density at radius 2 is 1.57 bits per heavy atom. The van der Waals surface area contributed by atoms with Gasteiger partial charge < -0.3 is 15.2 Å². The van der Waals surface area contributed by atoms with Gasteiger partial charge in [0.25, 0.3) is 5.91 Å². The predicted octanol–water partition coefficient (Wildman–Crippen LogP) is 4.27. The van der Waals surface area contributed by atoms with Crippen LogP contribution in [-0.4, -0.2) is 23.6 Å². The fourth-order valence-corrected chi connectivity index (χ4v) is 3.36. The zero-order valence-electron chi connectivity index (χ0n) is 15.0. The van der Waals surface area contributed by atoms with Crippen LogP contribution >= 0.6 is 11.8 Å². The Morgan fingerprint density at radius 1 is 0.893 bits per heavy atom. The lowest BCUT2D eigenvalue weighted by molar-refractivity contribution is -0.146. The lowest BCUT2D eigenvalue weighted by atomic mass is 10.1. The fourth-order valence-electron chi connectivity index (χ4n) is 2.44. The molecular weight excluding hydrogens is 374 g/mol. The lowest BCUT2D eigenvalue weighted by Gasteiger charge is -2.11. The monoisotopic (exact) mass is 393 g/mol. The van der Waals surface area contributed by atoms with Gasteiger partial charge in [-0.1, -0.05) is 54.2 Å². The number of nitrogens with one attached hydrogen (secondary N) is 1. The van der Waals surface area contributed by atoms with Crippen LogP contribution in [0.15, 0.2) is 88.7 Å². The number of hydrogen-bond acceptors (Lipinski definition) is 5. The molecule has 0 saturated carbocycles. The average Bonchev–Trinajstić information content (AvgIpc) is 2.70. The highest BCUT2D eigenvalue weighted by Crippen LogP contribution is 2.33. The molecule has 0 aliphatic heterocycles. The Hall–Kier alpha value is -3.25. The number of benzene rings is 3. The molecule has 6 heteroatoms. The first-order valence-corrected chi connectivity index (χ1v) is 9.47. The van der Waals surface area contributed by atoms with Crippen LogP contribution in [0.5, 0.6) is 5.75 Å². The second kappa shape index (κ2) is 9.62. The number of esters is 1. The first-order chi connectivity index (χ1) is 13.6. The van der Waals surface area contributed by atoms with Gasteiger partial charge in [0.1, 0.15) is 5.75 Å². The van der Waals surface area contributed by atoms with Crippen LogP contribution < -0.4 is 5.32 Å². The standard InChI is InChI=1S/C22H19NO4S/c24-17-12-10-16(11-13-17)14-22(26)27-15-21(25)23-19-8-4-5-9-20(19)28-18-6-2-1-3-7-18/h1-13,24H,14-15H2,(H,23,25). The third-order valence-electron chi connectivity index (χ3n) is 3.78. The number of aromatic hydroxyl groups is 1. The molecule has 0 atom stereocenters. The van der Waals surface area contributed by atoms with Gasteiger partial charge in [0, 0.05) is 9.79 Å². The van der Waals surface area contributed by atoms with Crippen LogP contribution in [0.2, 0.25) is 0 Å². The average molecular weight is 393 g/mol. The fraction of sp³-hybridized carbons (Fsp3) is 0.0909. The molecule has 142 valence electrons. The van der Waals surface area contributed by atoms with Gasteiger partial charge in [-0.25, -0.2) is 0 Å². The summed E-state index contributed by atoms with van der Waals surface area (Å²) in [5.41, 5.74) is 1.36. The third kappa shape index (κ3) is 5.89. The number of amides is 1. The maximum Gasteiger partial charge on any atom is 0.310 e. The van der Waals surface area contributed by atoms with Crippen molar-refractivity contribution in [3.8, 4) is 5.75 Å². The minimum Gasteiger partial charge on any atom is -0.508 e. The Bertz CT molecular complexity index is 942. The van der Waals surface area contributed by atoms with E-state index in [1.165, 1.54) is 12.1 Å². The summed E-state index contributed by atoms with van der Waals surface area (Å²) >= 11 is 1.54. The molecule has 2 N–H and O–H groups in total. The van der Waals surface area contributed by atoms with Crippen molar-refractivity contribution in [2.45, 2.75) is 16.2 Å². The van der Waals surface area contributed by atoms with E-state index in [1.54, 1.807) is 30.0 Å². The van der Waals surface area contributed by atoms with Gasteiger partial charge in [0.2, 0.25) is 0 Å². The predicted molar refractivity (Wildman–Crippen MR) is 108 cm³/mol. The van der Waals surface area contributed by atoms with E-state index in [9.17, 15) is 14.7 Å². The van der Waals surface area contributed by atoms with Crippen LogP contribution in [0.3, 0.4) is 0 Å². The lowest BCUT2D eigenvalue weighted by Crippen LogP contribution is -2.21. The number of carbonyl (C=O) groups excluding carboxylic acids is 2. The quantitative estimate of drug-likeness (QED) is 0.587. The van der Waals surface area contributed by atoms with E-state index in [2.05, 4.69) is 5.32 Å². The maximum atomic E-state index is 12.2. The molecule has 0 unspecified atom stereocenters. The topological polar surface area (TPSA) is 75.6 Å². The normalized spacial score (nSPS) is 10.3. The largest absolute Gasteiger partial charge is 0.508 e. The smallest absolute Gasteiger partial charge is 0.310 e. The van der Waals surface area contributed by atoms with Gasteiger partial charge in [-0.05, 0) is 42.0 Å². The molecule has 0 fully saturated rings. The number of rotatable bonds is 7. The molecule has 0 aromatic heterocycles. The van der Waals surface area contributed by atoms with Gasteiger partial charge in [0.05, 0.1) is 12.1 Å². The summed E-state index contributed by atoms with van der Waals surface area (Å²) in [5.74, 6) is -0.781.